The summed E-state index contributed by atoms with van der Waals surface area (Å²) in [5.74, 6) is 0.586. The first-order valence-corrected chi connectivity index (χ1v) is 8.43. The first-order chi connectivity index (χ1) is 9.39. The van der Waals surface area contributed by atoms with Gasteiger partial charge < -0.3 is 0 Å². The van der Waals surface area contributed by atoms with Crippen molar-refractivity contribution in [2.24, 2.45) is 0 Å². The summed E-state index contributed by atoms with van der Waals surface area (Å²) in [7, 11) is 0.812. The maximum absolute atomic E-state index is 2.36. The van der Waals surface area contributed by atoms with E-state index in [2.05, 4.69) is 71.0 Å². The molecule has 1 atom stereocenters. The summed E-state index contributed by atoms with van der Waals surface area (Å²) >= 11 is 0. The Hall–Kier alpha value is -1.26. The summed E-state index contributed by atoms with van der Waals surface area (Å²) in [5, 5.41) is 6.01. The van der Waals surface area contributed by atoms with Crippen molar-refractivity contribution in [1.82, 2.24) is 0 Å². The van der Waals surface area contributed by atoms with E-state index in [1.165, 1.54) is 21.5 Å². The Labute approximate surface area is 123 Å². The van der Waals surface area contributed by atoms with Gasteiger partial charge in [-0.15, -0.1) is 8.19 Å². The molecule has 2 aromatic carbocycles. The minimum atomic E-state index is 0.208. The van der Waals surface area contributed by atoms with Crippen molar-refractivity contribution in [3.05, 3.63) is 47.5 Å². The van der Waals surface area contributed by atoms with E-state index in [1.807, 2.05) is 0 Å². The van der Waals surface area contributed by atoms with Crippen molar-refractivity contribution in [1.29, 1.82) is 0 Å². The van der Waals surface area contributed by atoms with Crippen molar-refractivity contribution in [2.75, 3.05) is 0 Å². The summed E-state index contributed by atoms with van der Waals surface area (Å²) < 4.78 is 0. The van der Waals surface area contributed by atoms with E-state index in [0.29, 0.717) is 5.92 Å². The SMILES string of the molecule is CC(C)c1ccc2c([pH]c3ccccc32)c1C(C)(C)C. The summed E-state index contributed by atoms with van der Waals surface area (Å²) in [5.41, 5.74) is 3.32. The summed E-state index contributed by atoms with van der Waals surface area (Å²) in [6, 6.07) is 13.6. The molecular formula is C19H23P. The number of benzene rings is 2. The second-order valence-corrected chi connectivity index (χ2v) is 8.32. The number of fused-ring (bicyclic) bond motifs is 3. The standard InChI is InChI=1S/C19H23P/c1-12(2)13-10-11-15-14-8-6-7-9-16(14)20-18(15)17(13)19(3,4)5/h6-12,20H,1-5H3. The van der Waals surface area contributed by atoms with Gasteiger partial charge in [-0.3, -0.25) is 0 Å². The molecule has 1 heterocycles. The Kier molecular flexibility index (Phi) is 3.18. The monoisotopic (exact) mass is 282 g/mol. The lowest BCUT2D eigenvalue weighted by Gasteiger charge is -2.26. The molecule has 0 amide bonds. The fourth-order valence-corrected chi connectivity index (χ4v) is 5.02. The fourth-order valence-electron chi connectivity index (χ4n) is 3.22. The zero-order valence-electron chi connectivity index (χ0n) is 13.0. The van der Waals surface area contributed by atoms with Gasteiger partial charge in [-0.25, -0.2) is 0 Å². The van der Waals surface area contributed by atoms with Gasteiger partial charge in [0.15, 0.2) is 0 Å². The molecule has 0 spiro atoms. The van der Waals surface area contributed by atoms with Crippen LogP contribution in [0.5, 0.6) is 0 Å². The van der Waals surface area contributed by atoms with Crippen molar-refractivity contribution >= 4 is 29.2 Å². The Morgan fingerprint density at radius 1 is 0.900 bits per heavy atom. The molecule has 3 rings (SSSR count). The highest BCUT2D eigenvalue weighted by atomic mass is 31.0. The van der Waals surface area contributed by atoms with E-state index < -0.39 is 0 Å². The third-order valence-corrected chi connectivity index (χ3v) is 5.56. The highest BCUT2D eigenvalue weighted by Gasteiger charge is 2.23. The Morgan fingerprint density at radius 2 is 1.60 bits per heavy atom. The molecular weight excluding hydrogens is 259 g/mol. The predicted molar refractivity (Wildman–Crippen MR) is 93.7 cm³/mol. The first-order valence-electron chi connectivity index (χ1n) is 7.43. The molecule has 104 valence electrons. The second-order valence-electron chi connectivity index (χ2n) is 7.03. The topological polar surface area (TPSA) is 0 Å². The molecule has 0 fully saturated rings. The molecule has 1 aromatic heterocycles. The van der Waals surface area contributed by atoms with Crippen LogP contribution in [0.15, 0.2) is 36.4 Å². The zero-order chi connectivity index (χ0) is 14.5. The molecule has 20 heavy (non-hydrogen) atoms. The molecule has 0 nitrogen and oxygen atoms in total. The van der Waals surface area contributed by atoms with Gasteiger partial charge in [0.25, 0.3) is 0 Å². The number of rotatable bonds is 1. The van der Waals surface area contributed by atoms with Gasteiger partial charge in [0.05, 0.1) is 0 Å². The lowest BCUT2D eigenvalue weighted by atomic mass is 9.80. The van der Waals surface area contributed by atoms with Crippen LogP contribution in [0.4, 0.5) is 0 Å². The fraction of sp³-hybridized carbons (Fsp3) is 0.368. The molecule has 0 saturated carbocycles. The lowest BCUT2D eigenvalue weighted by molar-refractivity contribution is 0.584. The van der Waals surface area contributed by atoms with E-state index in [9.17, 15) is 0 Å². The van der Waals surface area contributed by atoms with Crippen molar-refractivity contribution < 1.29 is 0 Å². The van der Waals surface area contributed by atoms with Crippen LogP contribution in [0, 0.1) is 0 Å². The molecule has 0 N–H and O–H groups in total. The Bertz CT molecular complexity index is 769. The van der Waals surface area contributed by atoms with Crippen molar-refractivity contribution in [3.8, 4) is 0 Å². The highest BCUT2D eigenvalue weighted by molar-refractivity contribution is 7.44. The van der Waals surface area contributed by atoms with Crippen molar-refractivity contribution in [2.45, 2.75) is 46.0 Å². The van der Waals surface area contributed by atoms with Gasteiger partial charge in [0.1, 0.15) is 0 Å². The Morgan fingerprint density at radius 3 is 2.25 bits per heavy atom. The summed E-state index contributed by atoms with van der Waals surface area (Å²) in [6.07, 6.45) is 0. The normalized spacial score (nSPS) is 13.1. The van der Waals surface area contributed by atoms with Crippen LogP contribution in [-0.2, 0) is 5.41 Å². The molecule has 0 saturated heterocycles. The van der Waals surface area contributed by atoms with Crippen LogP contribution in [0.1, 0.15) is 51.7 Å². The molecule has 0 bridgehead atoms. The van der Waals surface area contributed by atoms with E-state index >= 15 is 0 Å². The third kappa shape index (κ3) is 2.07. The van der Waals surface area contributed by atoms with Gasteiger partial charge in [0, 0.05) is 5.12 Å². The minimum Gasteiger partial charge on any atom is -0.123 e. The van der Waals surface area contributed by atoms with Crippen LogP contribution < -0.4 is 0 Å². The van der Waals surface area contributed by atoms with Gasteiger partial charge in [-0.05, 0) is 38.4 Å². The van der Waals surface area contributed by atoms with Crippen LogP contribution in [0.25, 0.3) is 21.0 Å². The highest BCUT2D eigenvalue weighted by Crippen LogP contribution is 2.45. The van der Waals surface area contributed by atoms with Crippen LogP contribution >= 0.6 is 8.19 Å². The van der Waals surface area contributed by atoms with Gasteiger partial charge >= 0.3 is 0 Å². The van der Waals surface area contributed by atoms with E-state index in [4.69, 9.17) is 0 Å². The average molecular weight is 282 g/mol. The average Bonchev–Trinajstić information content (AvgIpc) is 2.74. The van der Waals surface area contributed by atoms with E-state index in [0.717, 1.165) is 8.19 Å². The molecule has 1 heteroatoms. The summed E-state index contributed by atoms with van der Waals surface area (Å²) in [4.78, 5) is 0. The minimum absolute atomic E-state index is 0.208. The first kappa shape index (κ1) is 13.7. The zero-order valence-corrected chi connectivity index (χ0v) is 14.0. The second kappa shape index (κ2) is 4.64. The molecule has 1 unspecified atom stereocenters. The maximum atomic E-state index is 2.36. The molecule has 0 aliphatic carbocycles. The van der Waals surface area contributed by atoms with E-state index in [-0.39, 0.29) is 5.41 Å². The Balaban J connectivity index is 2.49. The molecule has 0 aliphatic rings. The maximum Gasteiger partial charge on any atom is 0.00341 e. The summed E-state index contributed by atoms with van der Waals surface area (Å²) in [6.45, 7) is 11.7. The molecule has 3 aromatic rings. The third-order valence-electron chi connectivity index (χ3n) is 4.09. The van der Waals surface area contributed by atoms with Gasteiger partial charge in [-0.2, -0.15) is 0 Å². The van der Waals surface area contributed by atoms with Crippen LogP contribution in [0.3, 0.4) is 0 Å². The number of hydrogen-bond donors (Lipinski definition) is 0. The van der Waals surface area contributed by atoms with E-state index in [1.54, 1.807) is 10.7 Å². The smallest absolute Gasteiger partial charge is 0.00341 e. The van der Waals surface area contributed by atoms with Crippen LogP contribution in [-0.4, -0.2) is 0 Å². The number of hydrogen-bond acceptors (Lipinski definition) is 0. The predicted octanol–water partition coefficient (Wildman–Crippen LogP) is 6.45. The largest absolute Gasteiger partial charge is 0.123 e. The van der Waals surface area contributed by atoms with Gasteiger partial charge in [-0.1, -0.05) is 71.0 Å². The van der Waals surface area contributed by atoms with Crippen molar-refractivity contribution in [3.63, 3.8) is 0 Å². The van der Waals surface area contributed by atoms with Gasteiger partial charge in [0.2, 0.25) is 0 Å². The molecule has 0 radical (unpaired) electrons. The quantitative estimate of drug-likeness (QED) is 0.481. The lowest BCUT2D eigenvalue weighted by Crippen LogP contribution is -2.15. The van der Waals surface area contributed by atoms with Crippen LogP contribution in [0.2, 0.25) is 0 Å². The molecule has 0 aliphatic heterocycles.